The SMILES string of the molecule is COc1ccc(/C=C/C(=O)c2cccc(Br)c2)cc1COc1c(Cl)cc(Cl)cc1Cl. The summed E-state index contributed by atoms with van der Waals surface area (Å²) in [5.41, 5.74) is 2.20. The van der Waals surface area contributed by atoms with Gasteiger partial charge in [-0.15, -0.1) is 0 Å². The number of hydrogen-bond donors (Lipinski definition) is 0. The second-order valence-corrected chi connectivity index (χ2v) is 8.43. The Labute approximate surface area is 198 Å². The van der Waals surface area contributed by atoms with Crippen LogP contribution >= 0.6 is 50.7 Å². The van der Waals surface area contributed by atoms with E-state index in [0.29, 0.717) is 32.1 Å². The van der Waals surface area contributed by atoms with Crippen LogP contribution in [0.15, 0.2) is 65.1 Å². The number of ketones is 1. The number of carbonyl (C=O) groups excluding carboxylic acids is 1. The fraction of sp³-hybridized carbons (Fsp3) is 0.0870. The molecule has 0 aliphatic heterocycles. The number of benzene rings is 3. The van der Waals surface area contributed by atoms with E-state index in [1.54, 1.807) is 37.5 Å². The molecule has 0 saturated carbocycles. The lowest BCUT2D eigenvalue weighted by molar-refractivity contribution is 0.104. The van der Waals surface area contributed by atoms with Crippen LogP contribution in [-0.2, 0) is 6.61 Å². The average Bonchev–Trinajstić information content (AvgIpc) is 2.71. The number of halogens is 4. The van der Waals surface area contributed by atoms with Gasteiger partial charge >= 0.3 is 0 Å². The Kier molecular flexibility index (Phi) is 7.84. The van der Waals surface area contributed by atoms with Crippen LogP contribution in [0.1, 0.15) is 21.5 Å². The number of methoxy groups -OCH3 is 1. The first-order chi connectivity index (χ1) is 14.4. The smallest absolute Gasteiger partial charge is 0.185 e. The van der Waals surface area contributed by atoms with Gasteiger partial charge in [0.1, 0.15) is 12.4 Å². The van der Waals surface area contributed by atoms with Crippen molar-refractivity contribution in [3.63, 3.8) is 0 Å². The van der Waals surface area contributed by atoms with Crippen molar-refractivity contribution in [3.05, 3.63) is 96.9 Å². The molecule has 0 fully saturated rings. The molecule has 7 heteroatoms. The summed E-state index contributed by atoms with van der Waals surface area (Å²) in [5, 5.41) is 1.07. The molecule has 0 amide bonds. The number of hydrogen-bond acceptors (Lipinski definition) is 3. The second kappa shape index (κ2) is 10.4. The Morgan fingerprint density at radius 1 is 1.03 bits per heavy atom. The maximum Gasteiger partial charge on any atom is 0.185 e. The molecule has 0 unspecified atom stereocenters. The lowest BCUT2D eigenvalue weighted by Crippen LogP contribution is -2.00. The first-order valence-electron chi connectivity index (χ1n) is 8.79. The molecule has 0 aliphatic rings. The summed E-state index contributed by atoms with van der Waals surface area (Å²) in [6.07, 6.45) is 3.27. The molecule has 0 aliphatic carbocycles. The zero-order valence-electron chi connectivity index (χ0n) is 15.8. The molecule has 30 heavy (non-hydrogen) atoms. The normalized spacial score (nSPS) is 11.0. The van der Waals surface area contributed by atoms with Crippen LogP contribution in [0.4, 0.5) is 0 Å². The summed E-state index contributed by atoms with van der Waals surface area (Å²) in [6, 6.07) is 15.9. The van der Waals surface area contributed by atoms with E-state index in [1.807, 2.05) is 30.3 Å². The van der Waals surface area contributed by atoms with Gasteiger partial charge in [-0.05, 0) is 48.0 Å². The lowest BCUT2D eigenvalue weighted by atomic mass is 10.1. The van der Waals surface area contributed by atoms with E-state index >= 15 is 0 Å². The molecule has 0 radical (unpaired) electrons. The molecule has 0 aromatic heterocycles. The molecule has 0 heterocycles. The van der Waals surface area contributed by atoms with Gasteiger partial charge in [0.2, 0.25) is 0 Å². The van der Waals surface area contributed by atoms with Crippen molar-refractivity contribution in [2.75, 3.05) is 7.11 Å². The fourth-order valence-electron chi connectivity index (χ4n) is 2.74. The number of allylic oxidation sites excluding steroid dienone is 1. The van der Waals surface area contributed by atoms with Crippen LogP contribution < -0.4 is 9.47 Å². The minimum Gasteiger partial charge on any atom is -0.496 e. The summed E-state index contributed by atoms with van der Waals surface area (Å²) in [7, 11) is 1.58. The maximum atomic E-state index is 12.4. The van der Waals surface area contributed by atoms with Crippen LogP contribution in [0.25, 0.3) is 6.08 Å². The zero-order valence-corrected chi connectivity index (χ0v) is 19.6. The van der Waals surface area contributed by atoms with E-state index < -0.39 is 0 Å². The monoisotopic (exact) mass is 524 g/mol. The maximum absolute atomic E-state index is 12.4. The Morgan fingerprint density at radius 2 is 1.77 bits per heavy atom. The Balaban J connectivity index is 1.79. The summed E-state index contributed by atoms with van der Waals surface area (Å²) in [6.45, 7) is 0.172. The number of carbonyl (C=O) groups is 1. The van der Waals surface area contributed by atoms with Crippen LogP contribution in [0.3, 0.4) is 0 Å². The van der Waals surface area contributed by atoms with E-state index in [-0.39, 0.29) is 12.4 Å². The Hall–Kier alpha value is -1.98. The topological polar surface area (TPSA) is 35.5 Å². The van der Waals surface area contributed by atoms with Gasteiger partial charge in [-0.1, -0.05) is 75.0 Å². The molecular weight excluding hydrogens is 511 g/mol. The van der Waals surface area contributed by atoms with Crippen molar-refractivity contribution >= 4 is 62.6 Å². The van der Waals surface area contributed by atoms with Gasteiger partial charge in [0.25, 0.3) is 0 Å². The fourth-order valence-corrected chi connectivity index (χ4v) is 4.07. The van der Waals surface area contributed by atoms with Crippen LogP contribution in [0.2, 0.25) is 15.1 Å². The average molecular weight is 527 g/mol. The quantitative estimate of drug-likeness (QED) is 0.232. The van der Waals surface area contributed by atoms with Gasteiger partial charge < -0.3 is 9.47 Å². The Bertz CT molecular complexity index is 1090. The van der Waals surface area contributed by atoms with Gasteiger partial charge in [0, 0.05) is 20.6 Å². The van der Waals surface area contributed by atoms with Crippen molar-refractivity contribution in [1.29, 1.82) is 0 Å². The minimum atomic E-state index is -0.0929. The van der Waals surface area contributed by atoms with E-state index in [9.17, 15) is 4.79 Å². The highest BCUT2D eigenvalue weighted by Gasteiger charge is 2.12. The van der Waals surface area contributed by atoms with Crippen molar-refractivity contribution in [1.82, 2.24) is 0 Å². The van der Waals surface area contributed by atoms with E-state index in [0.717, 1.165) is 15.6 Å². The summed E-state index contributed by atoms with van der Waals surface area (Å²) >= 11 is 21.7. The third kappa shape index (κ3) is 5.79. The third-order valence-corrected chi connectivity index (χ3v) is 5.45. The van der Waals surface area contributed by atoms with Gasteiger partial charge in [0.15, 0.2) is 11.5 Å². The van der Waals surface area contributed by atoms with Crippen molar-refractivity contribution < 1.29 is 14.3 Å². The molecule has 0 spiro atoms. The van der Waals surface area contributed by atoms with Crippen LogP contribution in [0.5, 0.6) is 11.5 Å². The molecule has 3 rings (SSSR count). The summed E-state index contributed by atoms with van der Waals surface area (Å²) in [4.78, 5) is 12.4. The minimum absolute atomic E-state index is 0.0929. The van der Waals surface area contributed by atoms with E-state index in [2.05, 4.69) is 15.9 Å². The molecule has 3 aromatic carbocycles. The first-order valence-corrected chi connectivity index (χ1v) is 10.7. The van der Waals surface area contributed by atoms with E-state index in [1.165, 1.54) is 6.08 Å². The second-order valence-electron chi connectivity index (χ2n) is 6.27. The highest BCUT2D eigenvalue weighted by Crippen LogP contribution is 2.36. The summed E-state index contributed by atoms with van der Waals surface area (Å²) < 4.78 is 12.1. The molecular formula is C23H16BrCl3O3. The standard InChI is InChI=1S/C23H16BrCl3O3/c1-29-22-8-6-14(5-7-21(28)15-3-2-4-17(24)10-15)9-16(22)13-30-23-19(26)11-18(25)12-20(23)27/h2-12H,13H2,1H3/b7-5+. The van der Waals surface area contributed by atoms with Crippen LogP contribution in [0, 0.1) is 0 Å². The molecule has 0 saturated heterocycles. The van der Waals surface area contributed by atoms with Crippen molar-refractivity contribution in [2.45, 2.75) is 6.61 Å². The predicted molar refractivity (Wildman–Crippen MR) is 126 cm³/mol. The van der Waals surface area contributed by atoms with Gasteiger partial charge in [0.05, 0.1) is 17.2 Å². The van der Waals surface area contributed by atoms with E-state index in [4.69, 9.17) is 44.3 Å². The third-order valence-electron chi connectivity index (χ3n) is 4.18. The largest absolute Gasteiger partial charge is 0.496 e. The van der Waals surface area contributed by atoms with Gasteiger partial charge in [-0.2, -0.15) is 0 Å². The highest BCUT2D eigenvalue weighted by molar-refractivity contribution is 9.10. The van der Waals surface area contributed by atoms with Crippen LogP contribution in [-0.4, -0.2) is 12.9 Å². The zero-order chi connectivity index (χ0) is 21.7. The highest BCUT2D eigenvalue weighted by atomic mass is 79.9. The number of ether oxygens (including phenoxy) is 2. The van der Waals surface area contributed by atoms with Crippen molar-refractivity contribution in [2.24, 2.45) is 0 Å². The summed E-state index contributed by atoms with van der Waals surface area (Å²) in [5.74, 6) is 0.895. The molecule has 0 N–H and O–H groups in total. The molecule has 3 aromatic rings. The number of rotatable bonds is 7. The predicted octanol–water partition coefficient (Wildman–Crippen LogP) is 7.89. The first kappa shape index (κ1) is 22.7. The van der Waals surface area contributed by atoms with Crippen molar-refractivity contribution in [3.8, 4) is 11.5 Å². The molecule has 154 valence electrons. The van der Waals surface area contributed by atoms with Gasteiger partial charge in [-0.3, -0.25) is 4.79 Å². The lowest BCUT2D eigenvalue weighted by Gasteiger charge is -2.13. The molecule has 0 atom stereocenters. The molecule has 3 nitrogen and oxygen atoms in total. The van der Waals surface area contributed by atoms with Gasteiger partial charge in [-0.25, -0.2) is 0 Å². The molecule has 0 bridgehead atoms. The Morgan fingerprint density at radius 3 is 2.43 bits per heavy atom.